The van der Waals surface area contributed by atoms with E-state index >= 15 is 0 Å². The number of hydrogen-bond donors (Lipinski definition) is 2. The Morgan fingerprint density at radius 2 is 2.00 bits per heavy atom. The van der Waals surface area contributed by atoms with Crippen LogP contribution < -0.4 is 0 Å². The lowest BCUT2D eigenvalue weighted by Crippen LogP contribution is -2.21. The van der Waals surface area contributed by atoms with Crippen molar-refractivity contribution in [3.63, 3.8) is 0 Å². The summed E-state index contributed by atoms with van der Waals surface area (Å²) in [5, 5.41) is 18.4. The maximum Gasteiger partial charge on any atom is 0.314 e. The Hall–Kier alpha value is -1.17. The van der Waals surface area contributed by atoms with Crippen molar-refractivity contribution in [2.24, 2.45) is 0 Å². The van der Waals surface area contributed by atoms with E-state index in [4.69, 9.17) is 5.11 Å². The number of rotatable bonds is 2. The van der Waals surface area contributed by atoms with E-state index in [1.54, 1.807) is 0 Å². The van der Waals surface area contributed by atoms with Crippen molar-refractivity contribution in [2.75, 3.05) is 0 Å². The molecule has 1 aromatic carbocycles. The van der Waals surface area contributed by atoms with E-state index < -0.39 is 34.3 Å². The minimum Gasteiger partial charge on any atom is -0.505 e. The minimum atomic E-state index is -1.47. The number of carboxylic acid groups (broad SMARTS) is 1. The third-order valence-corrected chi connectivity index (χ3v) is 3.36. The third kappa shape index (κ3) is 1.40. The Labute approximate surface area is 97.8 Å². The average molecular weight is 293 g/mol. The number of hydrogen-bond acceptors (Lipinski definition) is 2. The molecule has 0 unspecified atom stereocenters. The topological polar surface area (TPSA) is 57.5 Å². The molecule has 0 saturated heterocycles. The number of phenolic OH excluding ortho intramolecular Hbond substituents is 1. The van der Waals surface area contributed by atoms with Crippen LogP contribution in [0.15, 0.2) is 10.5 Å². The summed E-state index contributed by atoms with van der Waals surface area (Å²) in [6.07, 6.45) is 0.394. The van der Waals surface area contributed by atoms with Crippen molar-refractivity contribution in [3.05, 3.63) is 27.7 Å². The maximum atomic E-state index is 13.7. The molecule has 1 fully saturated rings. The molecular weight excluding hydrogens is 286 g/mol. The van der Waals surface area contributed by atoms with Crippen LogP contribution >= 0.6 is 15.9 Å². The van der Waals surface area contributed by atoms with Gasteiger partial charge in [0, 0.05) is 0 Å². The number of aliphatic carboxylic acids is 1. The third-order valence-electron chi connectivity index (χ3n) is 2.78. The molecule has 0 bridgehead atoms. The van der Waals surface area contributed by atoms with Gasteiger partial charge in [-0.05, 0) is 34.8 Å². The molecule has 1 aliphatic rings. The van der Waals surface area contributed by atoms with Gasteiger partial charge in [-0.25, -0.2) is 8.78 Å². The first-order valence-corrected chi connectivity index (χ1v) is 5.30. The number of phenols is 1. The van der Waals surface area contributed by atoms with Gasteiger partial charge >= 0.3 is 5.97 Å². The summed E-state index contributed by atoms with van der Waals surface area (Å²) in [7, 11) is 0. The molecule has 0 aromatic heterocycles. The van der Waals surface area contributed by atoms with Crippen LogP contribution in [0.3, 0.4) is 0 Å². The molecule has 2 N–H and O–H groups in total. The normalized spacial score (nSPS) is 17.2. The zero-order valence-electron chi connectivity index (χ0n) is 7.93. The standard InChI is InChI=1S/C10H7BrF2O3/c11-4-3-5(12)8(14)6(7(4)13)10(1-2-10)9(15)16/h3,14H,1-2H2,(H,15,16). The molecule has 86 valence electrons. The summed E-state index contributed by atoms with van der Waals surface area (Å²) in [6.45, 7) is 0. The predicted octanol–water partition coefficient (Wildman–Crippen LogP) is 2.55. The van der Waals surface area contributed by atoms with Crippen LogP contribution in [0.5, 0.6) is 5.75 Å². The molecule has 2 rings (SSSR count). The molecule has 0 amide bonds. The maximum absolute atomic E-state index is 13.7. The van der Waals surface area contributed by atoms with E-state index in [9.17, 15) is 18.7 Å². The average Bonchev–Trinajstić information content (AvgIpc) is 2.97. The Kier molecular flexibility index (Phi) is 2.41. The Balaban J connectivity index is 2.70. The van der Waals surface area contributed by atoms with Gasteiger partial charge in [0.05, 0.1) is 15.5 Å². The fourth-order valence-corrected chi connectivity index (χ4v) is 2.12. The molecule has 6 heteroatoms. The predicted molar refractivity (Wildman–Crippen MR) is 54.3 cm³/mol. The first-order valence-electron chi connectivity index (χ1n) is 4.50. The van der Waals surface area contributed by atoms with Crippen LogP contribution in [0.2, 0.25) is 0 Å². The number of carbonyl (C=O) groups is 1. The van der Waals surface area contributed by atoms with Crippen molar-refractivity contribution in [2.45, 2.75) is 18.3 Å². The van der Waals surface area contributed by atoms with Gasteiger partial charge in [0.25, 0.3) is 0 Å². The molecule has 1 aromatic rings. The summed E-state index contributed by atoms with van der Waals surface area (Å²) >= 11 is 2.78. The Bertz CT molecular complexity index is 457. The van der Waals surface area contributed by atoms with Crippen molar-refractivity contribution in [1.82, 2.24) is 0 Å². The van der Waals surface area contributed by atoms with E-state index in [0.717, 1.165) is 6.07 Å². The van der Waals surface area contributed by atoms with Crippen molar-refractivity contribution < 1.29 is 23.8 Å². The van der Waals surface area contributed by atoms with Gasteiger partial charge in [-0.3, -0.25) is 4.79 Å². The van der Waals surface area contributed by atoms with Gasteiger partial charge in [0.2, 0.25) is 0 Å². The second-order valence-electron chi connectivity index (χ2n) is 3.77. The van der Waals surface area contributed by atoms with Crippen LogP contribution in [0.1, 0.15) is 18.4 Å². The molecule has 0 heterocycles. The molecule has 0 aliphatic heterocycles. The van der Waals surface area contributed by atoms with E-state index in [1.807, 2.05) is 0 Å². The monoisotopic (exact) mass is 292 g/mol. The number of carboxylic acids is 1. The largest absolute Gasteiger partial charge is 0.505 e. The Morgan fingerprint density at radius 3 is 2.44 bits per heavy atom. The van der Waals surface area contributed by atoms with E-state index in [1.165, 1.54) is 0 Å². The van der Waals surface area contributed by atoms with Gasteiger partial charge in [-0.1, -0.05) is 0 Å². The summed E-state index contributed by atoms with van der Waals surface area (Å²) in [5.41, 5.74) is -1.94. The lowest BCUT2D eigenvalue weighted by molar-refractivity contribution is -0.140. The quantitative estimate of drug-likeness (QED) is 0.824. The highest BCUT2D eigenvalue weighted by Crippen LogP contribution is 2.53. The summed E-state index contributed by atoms with van der Waals surface area (Å²) in [6, 6.07) is 0.770. The van der Waals surface area contributed by atoms with Crippen molar-refractivity contribution in [3.8, 4) is 5.75 Å². The van der Waals surface area contributed by atoms with E-state index in [2.05, 4.69) is 15.9 Å². The highest BCUT2D eigenvalue weighted by Gasteiger charge is 2.55. The lowest BCUT2D eigenvalue weighted by atomic mass is 9.94. The highest BCUT2D eigenvalue weighted by molar-refractivity contribution is 9.10. The smallest absolute Gasteiger partial charge is 0.314 e. The molecule has 1 aliphatic carbocycles. The highest BCUT2D eigenvalue weighted by atomic mass is 79.9. The van der Waals surface area contributed by atoms with Gasteiger partial charge in [0.1, 0.15) is 5.82 Å². The second kappa shape index (κ2) is 3.41. The Morgan fingerprint density at radius 1 is 1.44 bits per heavy atom. The molecular formula is C10H7BrF2O3. The first-order chi connectivity index (χ1) is 7.40. The second-order valence-corrected chi connectivity index (χ2v) is 4.62. The molecule has 0 radical (unpaired) electrons. The van der Waals surface area contributed by atoms with Crippen LogP contribution in [0, 0.1) is 11.6 Å². The van der Waals surface area contributed by atoms with Crippen molar-refractivity contribution in [1.29, 1.82) is 0 Å². The molecule has 3 nitrogen and oxygen atoms in total. The molecule has 16 heavy (non-hydrogen) atoms. The van der Waals surface area contributed by atoms with E-state index in [0.29, 0.717) is 0 Å². The van der Waals surface area contributed by atoms with Gasteiger partial charge in [-0.15, -0.1) is 0 Å². The van der Waals surface area contributed by atoms with Gasteiger partial charge in [-0.2, -0.15) is 0 Å². The van der Waals surface area contributed by atoms with Gasteiger partial charge in [0.15, 0.2) is 11.6 Å². The summed E-state index contributed by atoms with van der Waals surface area (Å²) in [4.78, 5) is 11.0. The summed E-state index contributed by atoms with van der Waals surface area (Å²) < 4.78 is 26.7. The zero-order valence-corrected chi connectivity index (χ0v) is 9.51. The van der Waals surface area contributed by atoms with Crippen molar-refractivity contribution >= 4 is 21.9 Å². The van der Waals surface area contributed by atoms with Crippen LogP contribution in [0.25, 0.3) is 0 Å². The zero-order chi connectivity index (χ0) is 12.1. The first kappa shape index (κ1) is 11.3. The van der Waals surface area contributed by atoms with Crippen LogP contribution in [-0.2, 0) is 10.2 Å². The SMILES string of the molecule is O=C(O)C1(c2c(O)c(F)cc(Br)c2F)CC1. The minimum absolute atomic E-state index is 0.190. The number of benzene rings is 1. The molecule has 1 saturated carbocycles. The van der Waals surface area contributed by atoms with Gasteiger partial charge < -0.3 is 10.2 Å². The summed E-state index contributed by atoms with van der Waals surface area (Å²) in [5.74, 6) is -4.12. The molecule has 0 spiro atoms. The number of halogens is 3. The van der Waals surface area contributed by atoms with Crippen LogP contribution in [-0.4, -0.2) is 16.2 Å². The molecule has 0 atom stereocenters. The fraction of sp³-hybridized carbons (Fsp3) is 0.300. The fourth-order valence-electron chi connectivity index (χ4n) is 1.72. The van der Waals surface area contributed by atoms with Crippen LogP contribution in [0.4, 0.5) is 8.78 Å². The lowest BCUT2D eigenvalue weighted by Gasteiger charge is -2.14. The van der Waals surface area contributed by atoms with E-state index in [-0.39, 0.29) is 17.3 Å². The number of aromatic hydroxyl groups is 1.